The van der Waals surface area contributed by atoms with Crippen molar-refractivity contribution < 1.29 is 23.8 Å². The Balaban J connectivity index is 3.93. The van der Waals surface area contributed by atoms with E-state index in [9.17, 15) is 14.0 Å². The summed E-state index contributed by atoms with van der Waals surface area (Å²) in [5, 5.41) is 10.3. The van der Waals surface area contributed by atoms with Crippen molar-refractivity contribution in [1.29, 1.82) is 0 Å². The maximum absolute atomic E-state index is 12.4. The molecular weight excluding hydrogens is 205 g/mol. The lowest BCUT2D eigenvalue weighted by molar-refractivity contribution is -0.134. The van der Waals surface area contributed by atoms with Gasteiger partial charge in [-0.1, -0.05) is 0 Å². The van der Waals surface area contributed by atoms with E-state index in [1.165, 1.54) is 0 Å². The third kappa shape index (κ3) is 7.48. The first kappa shape index (κ1) is 13.4. The van der Waals surface area contributed by atoms with Gasteiger partial charge in [-0.05, 0) is 26.8 Å². The van der Waals surface area contributed by atoms with Crippen LogP contribution in [-0.2, 0) is 9.53 Å². The highest BCUT2D eigenvalue weighted by atomic mass is 19.1. The first-order valence-electron chi connectivity index (χ1n) is 4.28. The zero-order valence-electron chi connectivity index (χ0n) is 8.83. The minimum absolute atomic E-state index is 0.229. The van der Waals surface area contributed by atoms with Crippen molar-refractivity contribution in [2.24, 2.45) is 0 Å². The third-order valence-electron chi connectivity index (χ3n) is 1.13. The van der Waals surface area contributed by atoms with E-state index in [1.54, 1.807) is 20.8 Å². The number of carboxylic acids is 1. The predicted molar refractivity (Wildman–Crippen MR) is 51.1 cm³/mol. The molecule has 0 aromatic carbocycles. The Hall–Kier alpha value is -1.59. The molecule has 0 aliphatic heterocycles. The van der Waals surface area contributed by atoms with Gasteiger partial charge in [0.05, 0.1) is 0 Å². The van der Waals surface area contributed by atoms with Crippen LogP contribution < -0.4 is 5.32 Å². The zero-order chi connectivity index (χ0) is 12.1. The van der Waals surface area contributed by atoms with Gasteiger partial charge in [-0.15, -0.1) is 0 Å². The van der Waals surface area contributed by atoms with E-state index in [-0.39, 0.29) is 6.54 Å². The maximum atomic E-state index is 12.4. The van der Waals surface area contributed by atoms with Crippen LogP contribution in [0.3, 0.4) is 0 Å². The normalized spacial score (nSPS) is 12.1. The van der Waals surface area contributed by atoms with Crippen molar-refractivity contribution in [3.8, 4) is 0 Å². The number of nitrogens with one attached hydrogen (secondary N) is 1. The van der Waals surface area contributed by atoms with Crippen LogP contribution in [0, 0.1) is 0 Å². The van der Waals surface area contributed by atoms with Crippen LogP contribution >= 0.6 is 0 Å². The molecule has 0 saturated carbocycles. The quantitative estimate of drug-likeness (QED) is 0.704. The van der Waals surface area contributed by atoms with E-state index in [0.717, 1.165) is 6.08 Å². The predicted octanol–water partition coefficient (Wildman–Crippen LogP) is 1.45. The topological polar surface area (TPSA) is 75.6 Å². The van der Waals surface area contributed by atoms with Gasteiger partial charge in [0.15, 0.2) is 0 Å². The lowest BCUT2D eigenvalue weighted by Crippen LogP contribution is -2.32. The summed E-state index contributed by atoms with van der Waals surface area (Å²) in [5.41, 5.74) is -0.640. The van der Waals surface area contributed by atoms with E-state index < -0.39 is 23.5 Å². The van der Waals surface area contributed by atoms with Gasteiger partial charge in [-0.3, -0.25) is 0 Å². The molecule has 5 nitrogen and oxygen atoms in total. The summed E-state index contributed by atoms with van der Waals surface area (Å²) in [5.74, 6) is -2.98. The van der Waals surface area contributed by atoms with Crippen molar-refractivity contribution >= 4 is 12.1 Å². The lowest BCUT2D eigenvalue weighted by Gasteiger charge is -2.19. The van der Waals surface area contributed by atoms with Crippen molar-refractivity contribution in [2.45, 2.75) is 26.4 Å². The fraction of sp³-hybridized carbons (Fsp3) is 0.556. The lowest BCUT2D eigenvalue weighted by atomic mass is 10.2. The summed E-state index contributed by atoms with van der Waals surface area (Å²) < 4.78 is 17.2. The molecule has 0 aromatic heterocycles. The Bertz CT molecular complexity index is 280. The first-order chi connectivity index (χ1) is 6.72. The Morgan fingerprint density at radius 2 is 2.00 bits per heavy atom. The fourth-order valence-corrected chi connectivity index (χ4v) is 0.625. The molecule has 0 saturated heterocycles. The average molecular weight is 219 g/mol. The van der Waals surface area contributed by atoms with Crippen LogP contribution in [0.25, 0.3) is 0 Å². The number of amides is 1. The van der Waals surface area contributed by atoms with Gasteiger partial charge in [0, 0.05) is 6.54 Å². The number of carbonyl (C=O) groups excluding carboxylic acids is 1. The molecule has 0 aliphatic carbocycles. The van der Waals surface area contributed by atoms with E-state index in [1.807, 2.05) is 0 Å². The summed E-state index contributed by atoms with van der Waals surface area (Å²) in [6.45, 7) is 4.81. The number of carbonyl (C=O) groups is 2. The molecule has 0 bridgehead atoms. The molecule has 2 N–H and O–H groups in total. The number of carboxylic acid groups (broad SMARTS) is 1. The fourth-order valence-electron chi connectivity index (χ4n) is 0.625. The van der Waals surface area contributed by atoms with Gasteiger partial charge in [-0.2, -0.15) is 4.39 Å². The third-order valence-corrected chi connectivity index (χ3v) is 1.13. The van der Waals surface area contributed by atoms with E-state index >= 15 is 0 Å². The minimum atomic E-state index is -1.67. The van der Waals surface area contributed by atoms with Crippen LogP contribution in [0.1, 0.15) is 20.8 Å². The molecule has 0 radical (unpaired) electrons. The zero-order valence-corrected chi connectivity index (χ0v) is 8.83. The molecule has 0 fully saturated rings. The van der Waals surface area contributed by atoms with Gasteiger partial charge >= 0.3 is 12.1 Å². The molecule has 6 heteroatoms. The van der Waals surface area contributed by atoms with Gasteiger partial charge in [0.2, 0.25) is 5.83 Å². The molecule has 0 aliphatic rings. The minimum Gasteiger partial charge on any atom is -0.476 e. The Labute approximate surface area is 86.9 Å². The molecule has 0 unspecified atom stereocenters. The van der Waals surface area contributed by atoms with Crippen molar-refractivity contribution in [3.63, 3.8) is 0 Å². The van der Waals surface area contributed by atoms with Crippen LogP contribution in [0.5, 0.6) is 0 Å². The van der Waals surface area contributed by atoms with Crippen molar-refractivity contribution in [2.75, 3.05) is 6.54 Å². The smallest absolute Gasteiger partial charge is 0.407 e. The first-order valence-corrected chi connectivity index (χ1v) is 4.28. The van der Waals surface area contributed by atoms with E-state index in [4.69, 9.17) is 9.84 Å². The summed E-state index contributed by atoms with van der Waals surface area (Å²) in [4.78, 5) is 21.0. The van der Waals surface area contributed by atoms with Gasteiger partial charge in [0.25, 0.3) is 0 Å². The van der Waals surface area contributed by atoms with Crippen molar-refractivity contribution in [3.05, 3.63) is 11.9 Å². The standard InChI is InChI=1S/C9H14FNO4/c1-9(2,3)15-8(14)11-5-4-6(10)7(12)13/h4H,5H2,1-3H3,(H,11,14)(H,12,13). The maximum Gasteiger partial charge on any atom is 0.407 e. The van der Waals surface area contributed by atoms with Crippen LogP contribution in [0.4, 0.5) is 9.18 Å². The molecular formula is C9H14FNO4. The summed E-state index contributed by atoms with van der Waals surface area (Å²) >= 11 is 0. The second-order valence-electron chi connectivity index (χ2n) is 3.74. The average Bonchev–Trinajstić information content (AvgIpc) is 2.00. The monoisotopic (exact) mass is 219 g/mol. The van der Waals surface area contributed by atoms with E-state index in [0.29, 0.717) is 0 Å². The summed E-state index contributed by atoms with van der Waals surface area (Å²) in [6, 6.07) is 0. The van der Waals surface area contributed by atoms with Crippen LogP contribution in [0.15, 0.2) is 11.9 Å². The van der Waals surface area contributed by atoms with Gasteiger partial charge in [0.1, 0.15) is 5.60 Å². The molecule has 0 spiro atoms. The van der Waals surface area contributed by atoms with Gasteiger partial charge < -0.3 is 15.2 Å². The molecule has 0 rings (SSSR count). The molecule has 0 heterocycles. The van der Waals surface area contributed by atoms with Crippen LogP contribution in [-0.4, -0.2) is 29.3 Å². The SMILES string of the molecule is CC(C)(C)OC(=O)NCC=C(F)C(=O)O. The number of halogens is 1. The molecule has 15 heavy (non-hydrogen) atoms. The Morgan fingerprint density at radius 3 is 2.40 bits per heavy atom. The number of hydrogen-bond acceptors (Lipinski definition) is 3. The number of rotatable bonds is 3. The van der Waals surface area contributed by atoms with Crippen LogP contribution in [0.2, 0.25) is 0 Å². The van der Waals surface area contributed by atoms with Gasteiger partial charge in [-0.25, -0.2) is 9.59 Å². The second-order valence-corrected chi connectivity index (χ2v) is 3.74. The number of hydrogen-bond donors (Lipinski definition) is 2. The summed E-state index contributed by atoms with van der Waals surface area (Å²) in [7, 11) is 0. The van der Waals surface area contributed by atoms with E-state index in [2.05, 4.69) is 5.32 Å². The largest absolute Gasteiger partial charge is 0.476 e. The Kier molecular flexibility index (Phi) is 4.77. The molecule has 1 amide bonds. The Morgan fingerprint density at radius 1 is 1.47 bits per heavy atom. The molecule has 0 aromatic rings. The van der Waals surface area contributed by atoms with Crippen molar-refractivity contribution in [1.82, 2.24) is 5.32 Å². The molecule has 86 valence electrons. The highest BCUT2D eigenvalue weighted by Gasteiger charge is 2.15. The number of aliphatic carboxylic acids is 1. The highest BCUT2D eigenvalue weighted by Crippen LogP contribution is 2.06. The highest BCUT2D eigenvalue weighted by molar-refractivity contribution is 5.84. The molecule has 0 atom stereocenters. The number of ether oxygens (including phenoxy) is 1. The second kappa shape index (κ2) is 5.33. The summed E-state index contributed by atoms with van der Waals surface area (Å²) in [6.07, 6.45) is 0.0173. The number of alkyl carbamates (subject to hydrolysis) is 1.